The van der Waals surface area contributed by atoms with E-state index in [1.54, 1.807) is 6.20 Å². The van der Waals surface area contributed by atoms with Crippen molar-refractivity contribution in [2.45, 2.75) is 13.3 Å². The van der Waals surface area contributed by atoms with E-state index in [2.05, 4.69) is 86.8 Å². The fourth-order valence-electron chi connectivity index (χ4n) is 3.45. The van der Waals surface area contributed by atoms with Gasteiger partial charge in [0.1, 0.15) is 5.82 Å². The number of anilines is 5. The summed E-state index contributed by atoms with van der Waals surface area (Å²) in [5.74, 6) is 1.35. The summed E-state index contributed by atoms with van der Waals surface area (Å²) in [6.45, 7) is 6.50. The van der Waals surface area contributed by atoms with Gasteiger partial charge in [-0.2, -0.15) is 4.98 Å². The van der Waals surface area contributed by atoms with Gasteiger partial charge < -0.3 is 20.4 Å². The van der Waals surface area contributed by atoms with Crippen molar-refractivity contribution >= 4 is 28.8 Å². The number of likely N-dealkylation sites (N-methyl/N-ethyl adjacent to an activating group) is 1. The lowest BCUT2D eigenvalue weighted by Gasteiger charge is -2.34. The maximum Gasteiger partial charge on any atom is 0.229 e. The van der Waals surface area contributed by atoms with E-state index in [-0.39, 0.29) is 0 Å². The first-order valence-electron chi connectivity index (χ1n) is 10.2. The van der Waals surface area contributed by atoms with E-state index in [1.807, 2.05) is 12.1 Å². The van der Waals surface area contributed by atoms with Crippen molar-refractivity contribution in [3.63, 3.8) is 0 Å². The largest absolute Gasteiger partial charge is 0.369 e. The molecule has 3 aromatic rings. The van der Waals surface area contributed by atoms with Crippen molar-refractivity contribution in [1.82, 2.24) is 14.9 Å². The molecule has 1 fully saturated rings. The number of piperazine rings is 1. The Labute approximate surface area is 172 Å². The number of rotatable bonds is 6. The molecule has 150 valence electrons. The van der Waals surface area contributed by atoms with Gasteiger partial charge in [-0.15, -0.1) is 0 Å². The lowest BCUT2D eigenvalue weighted by atomic mass is 10.1. The molecule has 6 nitrogen and oxygen atoms in total. The second-order valence-corrected chi connectivity index (χ2v) is 7.41. The van der Waals surface area contributed by atoms with Crippen LogP contribution in [-0.2, 0) is 6.42 Å². The summed E-state index contributed by atoms with van der Waals surface area (Å²) in [6.07, 6.45) is 2.77. The highest BCUT2D eigenvalue weighted by Crippen LogP contribution is 2.22. The molecule has 0 saturated carbocycles. The average molecular weight is 389 g/mol. The summed E-state index contributed by atoms with van der Waals surface area (Å²) < 4.78 is 0. The lowest BCUT2D eigenvalue weighted by molar-refractivity contribution is 0.313. The summed E-state index contributed by atoms with van der Waals surface area (Å²) in [4.78, 5) is 13.7. The topological polar surface area (TPSA) is 56.3 Å². The van der Waals surface area contributed by atoms with Crippen LogP contribution in [0.2, 0.25) is 0 Å². The molecular weight excluding hydrogens is 360 g/mol. The Morgan fingerprint density at radius 1 is 0.897 bits per heavy atom. The van der Waals surface area contributed by atoms with E-state index < -0.39 is 0 Å². The molecule has 0 spiro atoms. The number of aromatic nitrogens is 2. The van der Waals surface area contributed by atoms with E-state index >= 15 is 0 Å². The quantitative estimate of drug-likeness (QED) is 0.657. The number of benzene rings is 2. The molecule has 2 N–H and O–H groups in total. The molecule has 0 atom stereocenters. The van der Waals surface area contributed by atoms with E-state index in [9.17, 15) is 0 Å². The Morgan fingerprint density at radius 2 is 1.69 bits per heavy atom. The summed E-state index contributed by atoms with van der Waals surface area (Å²) in [6, 6.07) is 18.7. The minimum Gasteiger partial charge on any atom is -0.369 e. The SMILES string of the molecule is CCc1cccc(Nc2ccnc(Nc3ccc(N4CCN(C)CC4)cc3)n2)c1. The van der Waals surface area contributed by atoms with Crippen LogP contribution >= 0.6 is 0 Å². The first-order valence-corrected chi connectivity index (χ1v) is 10.2. The van der Waals surface area contributed by atoms with Gasteiger partial charge in [0.15, 0.2) is 0 Å². The second kappa shape index (κ2) is 8.92. The number of hydrogen-bond donors (Lipinski definition) is 2. The molecule has 2 aromatic carbocycles. The Kier molecular flexibility index (Phi) is 5.91. The lowest BCUT2D eigenvalue weighted by Crippen LogP contribution is -2.44. The standard InChI is InChI=1S/C23H28N6/c1-3-18-5-4-6-20(17-18)25-22-11-12-24-23(27-22)26-19-7-9-21(10-8-19)29-15-13-28(2)14-16-29/h4-12,17H,3,13-16H2,1-2H3,(H2,24,25,26,27). The van der Waals surface area contributed by atoms with Gasteiger partial charge in [-0.25, -0.2) is 4.98 Å². The Morgan fingerprint density at radius 3 is 2.45 bits per heavy atom. The predicted octanol–water partition coefficient (Wildman–Crippen LogP) is 4.28. The van der Waals surface area contributed by atoms with Gasteiger partial charge in [-0.1, -0.05) is 19.1 Å². The monoisotopic (exact) mass is 388 g/mol. The molecule has 2 heterocycles. The molecule has 1 aliphatic heterocycles. The highest BCUT2D eigenvalue weighted by Gasteiger charge is 2.14. The molecule has 1 aliphatic rings. The van der Waals surface area contributed by atoms with Crippen molar-refractivity contribution in [2.24, 2.45) is 0 Å². The van der Waals surface area contributed by atoms with Gasteiger partial charge in [0.2, 0.25) is 5.95 Å². The van der Waals surface area contributed by atoms with Crippen LogP contribution < -0.4 is 15.5 Å². The van der Waals surface area contributed by atoms with Crippen molar-refractivity contribution in [2.75, 3.05) is 48.8 Å². The third-order valence-corrected chi connectivity index (χ3v) is 5.26. The fraction of sp³-hybridized carbons (Fsp3) is 0.304. The highest BCUT2D eigenvalue weighted by atomic mass is 15.2. The summed E-state index contributed by atoms with van der Waals surface area (Å²) >= 11 is 0. The zero-order chi connectivity index (χ0) is 20.1. The van der Waals surface area contributed by atoms with Crippen LogP contribution in [0.3, 0.4) is 0 Å². The molecule has 6 heteroatoms. The van der Waals surface area contributed by atoms with Crippen LogP contribution in [0.1, 0.15) is 12.5 Å². The first-order chi connectivity index (χ1) is 14.2. The van der Waals surface area contributed by atoms with E-state index in [1.165, 1.54) is 11.3 Å². The van der Waals surface area contributed by atoms with Gasteiger partial charge >= 0.3 is 0 Å². The maximum atomic E-state index is 4.59. The van der Waals surface area contributed by atoms with Gasteiger partial charge in [-0.3, -0.25) is 0 Å². The van der Waals surface area contributed by atoms with Crippen LogP contribution in [0.5, 0.6) is 0 Å². The molecule has 0 unspecified atom stereocenters. The van der Waals surface area contributed by atoms with Crippen LogP contribution in [0.25, 0.3) is 0 Å². The van der Waals surface area contributed by atoms with E-state index in [4.69, 9.17) is 0 Å². The molecule has 0 radical (unpaired) electrons. The Bertz CT molecular complexity index is 932. The third kappa shape index (κ3) is 5.03. The maximum absolute atomic E-state index is 4.59. The minimum absolute atomic E-state index is 0.578. The molecule has 0 bridgehead atoms. The molecule has 0 amide bonds. The normalized spacial score (nSPS) is 14.6. The summed E-state index contributed by atoms with van der Waals surface area (Å²) in [7, 11) is 2.17. The van der Waals surface area contributed by atoms with Gasteiger partial charge in [0.25, 0.3) is 0 Å². The molecule has 1 aromatic heterocycles. The second-order valence-electron chi connectivity index (χ2n) is 7.41. The van der Waals surface area contributed by atoms with Gasteiger partial charge in [0.05, 0.1) is 0 Å². The number of hydrogen-bond acceptors (Lipinski definition) is 6. The molecule has 29 heavy (non-hydrogen) atoms. The zero-order valence-electron chi connectivity index (χ0n) is 17.1. The number of nitrogens with zero attached hydrogens (tertiary/aromatic N) is 4. The molecule has 0 aliphatic carbocycles. The smallest absolute Gasteiger partial charge is 0.229 e. The highest BCUT2D eigenvalue weighted by molar-refractivity contribution is 5.62. The molecule has 1 saturated heterocycles. The molecule has 4 rings (SSSR count). The van der Waals surface area contributed by atoms with E-state index in [0.29, 0.717) is 5.95 Å². The van der Waals surface area contributed by atoms with Crippen LogP contribution in [-0.4, -0.2) is 48.1 Å². The minimum atomic E-state index is 0.578. The van der Waals surface area contributed by atoms with Crippen LogP contribution in [0.4, 0.5) is 28.8 Å². The fourth-order valence-corrected chi connectivity index (χ4v) is 3.45. The first kappa shape index (κ1) is 19.2. The third-order valence-electron chi connectivity index (χ3n) is 5.26. The van der Waals surface area contributed by atoms with Gasteiger partial charge in [-0.05, 0) is 61.5 Å². The van der Waals surface area contributed by atoms with Gasteiger partial charge in [0, 0.05) is 49.4 Å². The number of nitrogens with one attached hydrogen (secondary N) is 2. The summed E-state index contributed by atoms with van der Waals surface area (Å²) in [5, 5.41) is 6.66. The van der Waals surface area contributed by atoms with Crippen LogP contribution in [0.15, 0.2) is 60.8 Å². The Balaban J connectivity index is 1.41. The summed E-state index contributed by atoms with van der Waals surface area (Å²) in [5.41, 5.74) is 4.57. The van der Waals surface area contributed by atoms with Crippen molar-refractivity contribution in [3.8, 4) is 0 Å². The predicted molar refractivity (Wildman–Crippen MR) is 121 cm³/mol. The number of aryl methyl sites for hydroxylation is 1. The molecular formula is C23H28N6. The average Bonchev–Trinajstić information content (AvgIpc) is 2.75. The van der Waals surface area contributed by atoms with Crippen LogP contribution in [0, 0.1) is 0 Å². The van der Waals surface area contributed by atoms with Crippen molar-refractivity contribution in [1.29, 1.82) is 0 Å². The van der Waals surface area contributed by atoms with Crippen molar-refractivity contribution < 1.29 is 0 Å². The zero-order valence-corrected chi connectivity index (χ0v) is 17.1. The Hall–Kier alpha value is -3.12. The van der Waals surface area contributed by atoms with E-state index in [0.717, 1.165) is 49.8 Å². The van der Waals surface area contributed by atoms with Crippen molar-refractivity contribution in [3.05, 3.63) is 66.4 Å².